The molecule has 1 fully saturated rings. The van der Waals surface area contributed by atoms with Crippen molar-refractivity contribution in [3.8, 4) is 0 Å². The van der Waals surface area contributed by atoms with Crippen LogP contribution in [0.2, 0.25) is 0 Å². The van der Waals surface area contributed by atoms with Crippen LogP contribution in [0.5, 0.6) is 0 Å². The molecular weight excluding hydrogens is 178 g/mol. The number of aliphatic carboxylic acids is 1. The summed E-state index contributed by atoms with van der Waals surface area (Å²) in [4.78, 5) is 11.3. The molecule has 3 nitrogen and oxygen atoms in total. The van der Waals surface area contributed by atoms with Crippen molar-refractivity contribution in [3.05, 3.63) is 0 Å². The van der Waals surface area contributed by atoms with E-state index in [1.165, 1.54) is 0 Å². The largest absolute Gasteiger partial charge is 0.480 e. The van der Waals surface area contributed by atoms with Gasteiger partial charge in [-0.15, -0.1) is 0 Å². The Morgan fingerprint density at radius 2 is 2.29 bits per heavy atom. The Hall–Kier alpha value is -0.570. The lowest BCUT2D eigenvalue weighted by molar-refractivity contribution is -0.146. The number of hydrogen-bond donors (Lipinski definition) is 2. The third-order valence-corrected chi connectivity index (χ3v) is 3.39. The molecule has 0 radical (unpaired) electrons. The van der Waals surface area contributed by atoms with Gasteiger partial charge in [0.05, 0.1) is 0 Å². The van der Waals surface area contributed by atoms with E-state index in [0.29, 0.717) is 5.92 Å². The molecule has 0 saturated heterocycles. The second kappa shape index (κ2) is 4.78. The maximum Gasteiger partial charge on any atom is 0.324 e. The molecule has 0 aromatic heterocycles. The van der Waals surface area contributed by atoms with Gasteiger partial charge in [0.1, 0.15) is 5.54 Å². The van der Waals surface area contributed by atoms with Crippen molar-refractivity contribution in [2.75, 3.05) is 6.54 Å². The SMILES string of the molecule is CCCNC1(C(=O)O)CCCC1CC. The van der Waals surface area contributed by atoms with E-state index in [1.54, 1.807) is 0 Å². The van der Waals surface area contributed by atoms with Crippen molar-refractivity contribution < 1.29 is 9.90 Å². The van der Waals surface area contributed by atoms with Gasteiger partial charge in [-0.2, -0.15) is 0 Å². The first-order chi connectivity index (χ1) is 6.67. The monoisotopic (exact) mass is 199 g/mol. The molecule has 14 heavy (non-hydrogen) atoms. The molecule has 0 aliphatic heterocycles. The first-order valence-electron chi connectivity index (χ1n) is 5.65. The molecule has 0 amide bonds. The van der Waals surface area contributed by atoms with Gasteiger partial charge in [0.15, 0.2) is 0 Å². The summed E-state index contributed by atoms with van der Waals surface area (Å²) in [6.07, 6.45) is 4.84. The molecule has 1 aliphatic rings. The van der Waals surface area contributed by atoms with Crippen LogP contribution < -0.4 is 5.32 Å². The molecule has 2 unspecified atom stereocenters. The average molecular weight is 199 g/mol. The van der Waals surface area contributed by atoms with E-state index in [9.17, 15) is 9.90 Å². The van der Waals surface area contributed by atoms with Gasteiger partial charge in [0, 0.05) is 0 Å². The molecule has 0 aromatic rings. The van der Waals surface area contributed by atoms with Crippen LogP contribution >= 0.6 is 0 Å². The van der Waals surface area contributed by atoms with Crippen LogP contribution in [0.1, 0.15) is 46.0 Å². The van der Waals surface area contributed by atoms with Gasteiger partial charge >= 0.3 is 5.97 Å². The van der Waals surface area contributed by atoms with Crippen molar-refractivity contribution in [3.63, 3.8) is 0 Å². The van der Waals surface area contributed by atoms with Gasteiger partial charge in [0.25, 0.3) is 0 Å². The smallest absolute Gasteiger partial charge is 0.324 e. The molecule has 0 bridgehead atoms. The van der Waals surface area contributed by atoms with Crippen LogP contribution in [0, 0.1) is 5.92 Å². The van der Waals surface area contributed by atoms with Gasteiger partial charge < -0.3 is 10.4 Å². The Morgan fingerprint density at radius 3 is 2.79 bits per heavy atom. The third-order valence-electron chi connectivity index (χ3n) is 3.39. The molecule has 0 spiro atoms. The van der Waals surface area contributed by atoms with Crippen LogP contribution in [-0.4, -0.2) is 23.2 Å². The molecule has 2 atom stereocenters. The average Bonchev–Trinajstić information content (AvgIpc) is 2.58. The minimum atomic E-state index is -0.657. The Labute approximate surface area is 85.9 Å². The second-order valence-corrected chi connectivity index (χ2v) is 4.20. The quantitative estimate of drug-likeness (QED) is 0.712. The number of hydrogen-bond acceptors (Lipinski definition) is 2. The first-order valence-corrected chi connectivity index (χ1v) is 5.65. The number of carboxylic acids is 1. The normalized spacial score (nSPS) is 32.0. The summed E-state index contributed by atoms with van der Waals surface area (Å²) in [6.45, 7) is 4.96. The van der Waals surface area contributed by atoms with Crippen molar-refractivity contribution in [1.82, 2.24) is 5.32 Å². The minimum Gasteiger partial charge on any atom is -0.480 e. The predicted molar refractivity (Wildman–Crippen MR) is 56.3 cm³/mol. The Kier molecular flexibility index (Phi) is 3.93. The van der Waals surface area contributed by atoms with E-state index in [4.69, 9.17) is 0 Å². The predicted octanol–water partition coefficient (Wildman–Crippen LogP) is 2.02. The van der Waals surface area contributed by atoms with Gasteiger partial charge in [-0.1, -0.05) is 26.7 Å². The third kappa shape index (κ3) is 1.92. The zero-order valence-electron chi connectivity index (χ0n) is 9.18. The molecular formula is C11H21NO2. The number of carboxylic acid groups (broad SMARTS) is 1. The maximum absolute atomic E-state index is 11.3. The van der Waals surface area contributed by atoms with Crippen molar-refractivity contribution in [2.45, 2.75) is 51.5 Å². The van der Waals surface area contributed by atoms with Crippen molar-refractivity contribution >= 4 is 5.97 Å². The Bertz CT molecular complexity index is 205. The first kappa shape index (κ1) is 11.5. The second-order valence-electron chi connectivity index (χ2n) is 4.20. The zero-order chi connectivity index (χ0) is 10.6. The van der Waals surface area contributed by atoms with Gasteiger partial charge in [0.2, 0.25) is 0 Å². The van der Waals surface area contributed by atoms with Crippen LogP contribution in [-0.2, 0) is 4.79 Å². The Balaban J connectivity index is 2.74. The summed E-state index contributed by atoms with van der Waals surface area (Å²) >= 11 is 0. The molecule has 1 saturated carbocycles. The summed E-state index contributed by atoms with van der Waals surface area (Å²) in [6, 6.07) is 0. The van der Waals surface area contributed by atoms with Gasteiger partial charge in [-0.25, -0.2) is 0 Å². The van der Waals surface area contributed by atoms with Crippen LogP contribution in [0.15, 0.2) is 0 Å². The molecule has 0 heterocycles. The highest BCUT2D eigenvalue weighted by Gasteiger charge is 2.47. The van der Waals surface area contributed by atoms with Crippen LogP contribution in [0.4, 0.5) is 0 Å². The number of nitrogens with one attached hydrogen (secondary N) is 1. The highest BCUT2D eigenvalue weighted by Crippen LogP contribution is 2.38. The fourth-order valence-corrected chi connectivity index (χ4v) is 2.57. The molecule has 82 valence electrons. The fourth-order valence-electron chi connectivity index (χ4n) is 2.57. The summed E-state index contributed by atoms with van der Waals surface area (Å²) in [5, 5.41) is 12.6. The van der Waals surface area contributed by atoms with E-state index >= 15 is 0 Å². The summed E-state index contributed by atoms with van der Waals surface area (Å²) in [5.41, 5.74) is -0.620. The van der Waals surface area contributed by atoms with E-state index in [2.05, 4.69) is 19.2 Å². The molecule has 0 aromatic carbocycles. The minimum absolute atomic E-state index is 0.312. The van der Waals surface area contributed by atoms with Crippen molar-refractivity contribution in [1.29, 1.82) is 0 Å². The summed E-state index contributed by atoms with van der Waals surface area (Å²) in [5.74, 6) is -0.346. The molecule has 2 N–H and O–H groups in total. The lowest BCUT2D eigenvalue weighted by Gasteiger charge is -2.31. The highest BCUT2D eigenvalue weighted by atomic mass is 16.4. The lowest BCUT2D eigenvalue weighted by Crippen LogP contribution is -2.54. The topological polar surface area (TPSA) is 49.3 Å². The number of carbonyl (C=O) groups is 1. The van der Waals surface area contributed by atoms with E-state index < -0.39 is 11.5 Å². The van der Waals surface area contributed by atoms with E-state index in [1.807, 2.05) is 0 Å². The van der Waals surface area contributed by atoms with E-state index in [-0.39, 0.29) is 0 Å². The standard InChI is InChI=1S/C11H21NO2/c1-3-8-12-11(10(13)14)7-5-6-9(11)4-2/h9,12H,3-8H2,1-2H3,(H,13,14). The summed E-state index contributed by atoms with van der Waals surface area (Å²) < 4.78 is 0. The van der Waals surface area contributed by atoms with Crippen molar-refractivity contribution in [2.24, 2.45) is 5.92 Å². The maximum atomic E-state index is 11.3. The number of rotatable bonds is 5. The highest BCUT2D eigenvalue weighted by molar-refractivity contribution is 5.79. The van der Waals surface area contributed by atoms with Crippen LogP contribution in [0.3, 0.4) is 0 Å². The van der Waals surface area contributed by atoms with E-state index in [0.717, 1.165) is 38.6 Å². The lowest BCUT2D eigenvalue weighted by atomic mass is 9.85. The molecule has 1 rings (SSSR count). The molecule has 1 aliphatic carbocycles. The molecule has 3 heteroatoms. The summed E-state index contributed by atoms with van der Waals surface area (Å²) in [7, 11) is 0. The van der Waals surface area contributed by atoms with Crippen LogP contribution in [0.25, 0.3) is 0 Å². The van der Waals surface area contributed by atoms with Gasteiger partial charge in [-0.05, 0) is 31.7 Å². The van der Waals surface area contributed by atoms with Gasteiger partial charge in [-0.3, -0.25) is 4.79 Å². The zero-order valence-corrected chi connectivity index (χ0v) is 9.18. The Morgan fingerprint density at radius 1 is 1.57 bits per heavy atom. The fraction of sp³-hybridized carbons (Fsp3) is 0.909.